The summed E-state index contributed by atoms with van der Waals surface area (Å²) in [6, 6.07) is 0. The Morgan fingerprint density at radius 3 is 1.46 bits per heavy atom. The molecule has 0 amide bonds. The topological polar surface area (TPSA) is 38.7 Å². The zero-order valence-corrected chi connectivity index (χ0v) is 32.4. The van der Waals surface area contributed by atoms with Crippen LogP contribution in [0.3, 0.4) is 0 Å². The summed E-state index contributed by atoms with van der Waals surface area (Å²) in [7, 11) is -4.02. The van der Waals surface area contributed by atoms with Crippen molar-refractivity contribution in [2.45, 2.75) is 175 Å². The summed E-state index contributed by atoms with van der Waals surface area (Å²) in [5.74, 6) is 0. The molecular formula is C31H68O3Si2Sn. The first-order chi connectivity index (χ1) is 16.9. The first kappa shape index (κ1) is 37.9. The van der Waals surface area contributed by atoms with Gasteiger partial charge in [0.2, 0.25) is 0 Å². The molecule has 0 spiro atoms. The van der Waals surface area contributed by atoms with Crippen molar-refractivity contribution in [3.05, 3.63) is 10.2 Å². The van der Waals surface area contributed by atoms with Gasteiger partial charge in [0.05, 0.1) is 0 Å². The normalized spacial score (nSPS) is 15.9. The molecule has 222 valence electrons. The molecule has 1 N–H and O–H groups in total. The molecule has 6 heteroatoms. The third kappa shape index (κ3) is 13.4. The SMILES string of the molecule is CCC[CH2][Sn](/[CH]=C/[C@@H](O[Si](C)(C)C(C)(C)C)[C@H](CCCO)O[Si](C)(C)C(C)(C)C)([CH2]CCC)[CH2]CCC. The van der Waals surface area contributed by atoms with E-state index in [9.17, 15) is 5.11 Å². The molecule has 0 aliphatic heterocycles. The summed E-state index contributed by atoms with van der Waals surface area (Å²) >= 11 is -2.47. The second-order valence-electron chi connectivity index (χ2n) is 14.7. The summed E-state index contributed by atoms with van der Waals surface area (Å²) in [5, 5.41) is 10.1. The predicted octanol–water partition coefficient (Wildman–Crippen LogP) is 10.5. The van der Waals surface area contributed by atoms with Gasteiger partial charge in [-0.2, -0.15) is 0 Å². The van der Waals surface area contributed by atoms with Crippen molar-refractivity contribution in [2.24, 2.45) is 0 Å². The van der Waals surface area contributed by atoms with Crippen LogP contribution in [0.1, 0.15) is 114 Å². The summed E-state index contributed by atoms with van der Waals surface area (Å²) in [5.41, 5.74) is 0. The van der Waals surface area contributed by atoms with Gasteiger partial charge in [0.15, 0.2) is 0 Å². The molecule has 0 saturated carbocycles. The monoisotopic (exact) mass is 664 g/mol. The van der Waals surface area contributed by atoms with Gasteiger partial charge in [-0.1, -0.05) is 0 Å². The molecular weight excluding hydrogens is 595 g/mol. The van der Waals surface area contributed by atoms with Crippen molar-refractivity contribution >= 4 is 35.0 Å². The second-order valence-corrected chi connectivity index (χ2v) is 37.2. The number of aliphatic hydroxyl groups is 1. The molecule has 0 aromatic heterocycles. The van der Waals surface area contributed by atoms with Crippen molar-refractivity contribution in [3.63, 3.8) is 0 Å². The van der Waals surface area contributed by atoms with Crippen molar-refractivity contribution in [1.82, 2.24) is 0 Å². The summed E-state index contributed by atoms with van der Waals surface area (Å²) < 4.78 is 21.6. The molecule has 2 atom stereocenters. The van der Waals surface area contributed by atoms with Crippen LogP contribution >= 0.6 is 0 Å². The Morgan fingerprint density at radius 2 is 1.11 bits per heavy atom. The molecule has 3 nitrogen and oxygen atoms in total. The van der Waals surface area contributed by atoms with E-state index < -0.39 is 35.0 Å². The Kier molecular flexibility index (Phi) is 17.3. The molecule has 0 rings (SSSR count). The van der Waals surface area contributed by atoms with Gasteiger partial charge in [-0.15, -0.1) is 0 Å². The first-order valence-corrected chi connectivity index (χ1v) is 29.1. The first-order valence-electron chi connectivity index (χ1n) is 15.6. The summed E-state index contributed by atoms with van der Waals surface area (Å²) in [6.45, 7) is 30.7. The third-order valence-electron chi connectivity index (χ3n) is 9.23. The van der Waals surface area contributed by atoms with Crippen molar-refractivity contribution < 1.29 is 14.0 Å². The van der Waals surface area contributed by atoms with E-state index in [4.69, 9.17) is 8.85 Å². The maximum absolute atomic E-state index is 9.78. The Morgan fingerprint density at radius 1 is 0.703 bits per heavy atom. The number of hydrogen-bond donors (Lipinski definition) is 1. The van der Waals surface area contributed by atoms with Crippen LogP contribution in [0.15, 0.2) is 10.2 Å². The summed E-state index contributed by atoms with van der Waals surface area (Å²) in [6.07, 6.45) is 12.1. The maximum atomic E-state index is 9.78. The molecule has 0 aromatic rings. The molecule has 0 heterocycles. The van der Waals surface area contributed by atoms with Gasteiger partial charge in [0.1, 0.15) is 0 Å². The van der Waals surface area contributed by atoms with Gasteiger partial charge in [0.25, 0.3) is 0 Å². The van der Waals surface area contributed by atoms with Crippen molar-refractivity contribution in [2.75, 3.05) is 6.61 Å². The molecule has 0 aromatic carbocycles. The minimum atomic E-state index is -2.47. The van der Waals surface area contributed by atoms with Crippen molar-refractivity contribution in [1.29, 1.82) is 0 Å². The fourth-order valence-corrected chi connectivity index (χ4v) is 21.4. The molecule has 0 aliphatic carbocycles. The van der Waals surface area contributed by atoms with Crippen LogP contribution in [0.25, 0.3) is 0 Å². The van der Waals surface area contributed by atoms with E-state index in [0.717, 1.165) is 12.8 Å². The van der Waals surface area contributed by atoms with Gasteiger partial charge in [0, 0.05) is 0 Å². The van der Waals surface area contributed by atoms with Crippen LogP contribution in [0, 0.1) is 0 Å². The van der Waals surface area contributed by atoms with E-state index in [2.05, 4.69) is 98.7 Å². The van der Waals surface area contributed by atoms with Gasteiger partial charge < -0.3 is 0 Å². The number of rotatable bonds is 19. The number of hydrogen-bond acceptors (Lipinski definition) is 3. The van der Waals surface area contributed by atoms with E-state index in [-0.39, 0.29) is 28.9 Å². The average Bonchev–Trinajstić information content (AvgIpc) is 2.78. The van der Waals surface area contributed by atoms with E-state index in [0.29, 0.717) is 0 Å². The minimum absolute atomic E-state index is 0.00549. The Hall–Kier alpha value is 0.852. The zero-order valence-electron chi connectivity index (χ0n) is 27.6. The molecule has 0 bridgehead atoms. The number of unbranched alkanes of at least 4 members (excludes halogenated alkanes) is 3. The van der Waals surface area contributed by atoms with Crippen LogP contribution in [0.2, 0.25) is 49.6 Å². The Labute approximate surface area is 240 Å². The fraction of sp³-hybridized carbons (Fsp3) is 0.935. The second kappa shape index (κ2) is 17.0. The van der Waals surface area contributed by atoms with Crippen LogP contribution < -0.4 is 0 Å². The third-order valence-corrected chi connectivity index (χ3v) is 32.3. The van der Waals surface area contributed by atoms with E-state index in [1.807, 2.05) is 0 Å². The zero-order chi connectivity index (χ0) is 29.0. The molecule has 0 unspecified atom stereocenters. The molecule has 0 radical (unpaired) electrons. The Balaban J connectivity index is 6.63. The van der Waals surface area contributed by atoms with Crippen LogP contribution in [-0.4, -0.2) is 58.9 Å². The van der Waals surface area contributed by atoms with Crippen LogP contribution in [-0.2, 0) is 8.85 Å². The standard InChI is InChI=1S/C19H41O3Si2.3C4H9.Sn/c1-12-16(21-23(8,9)18(2,3)4)17(14-13-15-20)22-24(10,11)19(5,6)7;3*1-3-4-2;/h1,12,16-17,20H,13-15H2,2-11H3;3*1,3-4H2,2H3;/t16-,17+;;;;/m1..../s1. The average molecular weight is 664 g/mol. The summed E-state index contributed by atoms with van der Waals surface area (Å²) in [4.78, 5) is 0. The van der Waals surface area contributed by atoms with Crippen LogP contribution in [0.5, 0.6) is 0 Å². The molecule has 0 aliphatic rings. The van der Waals surface area contributed by atoms with E-state index in [1.165, 1.54) is 51.8 Å². The van der Waals surface area contributed by atoms with Crippen molar-refractivity contribution in [3.8, 4) is 0 Å². The van der Waals surface area contributed by atoms with Gasteiger partial charge in [-0.25, -0.2) is 0 Å². The predicted molar refractivity (Wildman–Crippen MR) is 174 cm³/mol. The van der Waals surface area contributed by atoms with E-state index in [1.54, 1.807) is 0 Å². The van der Waals surface area contributed by atoms with Gasteiger partial charge in [-0.05, 0) is 0 Å². The van der Waals surface area contributed by atoms with Crippen LogP contribution in [0.4, 0.5) is 0 Å². The number of aliphatic hydroxyl groups excluding tert-OH is 1. The molecule has 37 heavy (non-hydrogen) atoms. The Bertz CT molecular complexity index is 614. The van der Waals surface area contributed by atoms with Gasteiger partial charge in [-0.3, -0.25) is 0 Å². The fourth-order valence-electron chi connectivity index (χ4n) is 4.40. The molecule has 0 saturated heterocycles. The van der Waals surface area contributed by atoms with Gasteiger partial charge >= 0.3 is 241 Å². The molecule has 0 fully saturated rings. The van der Waals surface area contributed by atoms with E-state index >= 15 is 0 Å². The quantitative estimate of drug-likeness (QED) is 0.140.